The van der Waals surface area contributed by atoms with Crippen LogP contribution in [0.3, 0.4) is 0 Å². The van der Waals surface area contributed by atoms with Gasteiger partial charge in [-0.25, -0.2) is 4.99 Å². The molecule has 8 heteroatoms. The lowest BCUT2D eigenvalue weighted by Crippen LogP contribution is -2.43. The molecule has 1 rings (SSSR count). The third kappa shape index (κ3) is 10.3. The lowest BCUT2D eigenvalue weighted by atomic mass is 10.2. The van der Waals surface area contributed by atoms with Gasteiger partial charge in [0.25, 0.3) is 0 Å². The predicted molar refractivity (Wildman–Crippen MR) is 120 cm³/mol. The molecule has 0 aromatic heterocycles. The van der Waals surface area contributed by atoms with Gasteiger partial charge in [-0.2, -0.15) is 0 Å². The number of guanidine groups is 1. The molecule has 1 amide bonds. The second kappa shape index (κ2) is 13.5. The normalized spacial score (nSPS) is 10.9. The molecule has 154 valence electrons. The van der Waals surface area contributed by atoms with Crippen LogP contribution in [0.4, 0.5) is 0 Å². The smallest absolute Gasteiger partial charge is 0.243 e. The molecule has 27 heavy (non-hydrogen) atoms. The number of halogens is 1. The monoisotopic (exact) mass is 492 g/mol. The SMILES string of the molecule is COc1ccc(OCCN(C)C(=NCC(=O)N(C)C)NCC(C)C)cc1.I. The number of carbonyl (C=O) groups is 1. The Morgan fingerprint density at radius 3 is 2.26 bits per heavy atom. The van der Waals surface area contributed by atoms with Crippen LogP contribution in [0.25, 0.3) is 0 Å². The van der Waals surface area contributed by atoms with Gasteiger partial charge in [0, 0.05) is 27.7 Å². The van der Waals surface area contributed by atoms with Gasteiger partial charge in [-0.15, -0.1) is 24.0 Å². The van der Waals surface area contributed by atoms with Crippen molar-refractivity contribution in [3.05, 3.63) is 24.3 Å². The zero-order valence-corrected chi connectivity index (χ0v) is 19.5. The highest BCUT2D eigenvalue weighted by Crippen LogP contribution is 2.16. The molecular formula is C19H33IN4O3. The van der Waals surface area contributed by atoms with Gasteiger partial charge in [0.2, 0.25) is 5.91 Å². The number of likely N-dealkylation sites (N-methyl/N-ethyl adjacent to an activating group) is 2. The lowest BCUT2D eigenvalue weighted by Gasteiger charge is -2.23. The molecule has 0 saturated heterocycles. The van der Waals surface area contributed by atoms with E-state index in [0.29, 0.717) is 25.0 Å². The molecule has 0 aliphatic carbocycles. The van der Waals surface area contributed by atoms with Crippen LogP contribution in [-0.2, 0) is 4.79 Å². The third-order valence-corrected chi connectivity index (χ3v) is 3.65. The van der Waals surface area contributed by atoms with Crippen molar-refractivity contribution in [3.8, 4) is 11.5 Å². The van der Waals surface area contributed by atoms with Crippen molar-refractivity contribution in [1.29, 1.82) is 0 Å². The van der Waals surface area contributed by atoms with Crippen LogP contribution in [0.1, 0.15) is 13.8 Å². The molecule has 1 aromatic carbocycles. The van der Waals surface area contributed by atoms with Crippen LogP contribution in [0.15, 0.2) is 29.3 Å². The minimum Gasteiger partial charge on any atom is -0.497 e. The van der Waals surface area contributed by atoms with E-state index in [1.165, 1.54) is 4.90 Å². The Kier molecular flexibility index (Phi) is 12.6. The number of nitrogens with zero attached hydrogens (tertiary/aromatic N) is 3. The van der Waals surface area contributed by atoms with Crippen molar-refractivity contribution in [2.45, 2.75) is 13.8 Å². The number of rotatable bonds is 9. The van der Waals surface area contributed by atoms with Crippen molar-refractivity contribution in [1.82, 2.24) is 15.1 Å². The van der Waals surface area contributed by atoms with Gasteiger partial charge in [0.15, 0.2) is 5.96 Å². The number of ether oxygens (including phenoxy) is 2. The van der Waals surface area contributed by atoms with E-state index in [0.717, 1.165) is 18.0 Å². The van der Waals surface area contributed by atoms with E-state index < -0.39 is 0 Å². The fourth-order valence-corrected chi connectivity index (χ4v) is 1.97. The number of methoxy groups -OCH3 is 1. The van der Waals surface area contributed by atoms with E-state index in [1.54, 1.807) is 21.2 Å². The van der Waals surface area contributed by atoms with Crippen LogP contribution in [0.5, 0.6) is 11.5 Å². The number of hydrogen-bond donors (Lipinski definition) is 1. The first-order chi connectivity index (χ1) is 12.3. The van der Waals surface area contributed by atoms with Gasteiger partial charge < -0.3 is 24.6 Å². The topological polar surface area (TPSA) is 66.4 Å². The molecule has 0 heterocycles. The second-order valence-corrected chi connectivity index (χ2v) is 6.65. The molecule has 0 aliphatic heterocycles. The van der Waals surface area contributed by atoms with Crippen molar-refractivity contribution < 1.29 is 14.3 Å². The first kappa shape index (κ1) is 25.3. The molecule has 0 bridgehead atoms. The lowest BCUT2D eigenvalue weighted by molar-refractivity contribution is -0.127. The molecule has 7 nitrogen and oxygen atoms in total. The van der Waals surface area contributed by atoms with E-state index in [2.05, 4.69) is 24.2 Å². The molecule has 0 aliphatic rings. The zero-order valence-electron chi connectivity index (χ0n) is 17.2. The Bertz CT molecular complexity index is 577. The van der Waals surface area contributed by atoms with Crippen LogP contribution in [-0.4, -0.2) is 76.2 Å². The highest BCUT2D eigenvalue weighted by atomic mass is 127. The predicted octanol–water partition coefficient (Wildman–Crippen LogP) is 2.31. The number of carbonyl (C=O) groups excluding carboxylic acids is 1. The minimum atomic E-state index is -0.0308. The first-order valence-electron chi connectivity index (χ1n) is 8.80. The molecule has 0 fully saturated rings. The molecule has 1 aromatic rings. The average molecular weight is 492 g/mol. The molecule has 0 saturated carbocycles. The maximum Gasteiger partial charge on any atom is 0.243 e. The Morgan fingerprint density at radius 2 is 1.74 bits per heavy atom. The van der Waals surface area contributed by atoms with Crippen molar-refractivity contribution in [2.75, 3.05) is 54.5 Å². The summed E-state index contributed by atoms with van der Waals surface area (Å²) in [7, 11) is 7.03. The highest BCUT2D eigenvalue weighted by molar-refractivity contribution is 14.0. The Morgan fingerprint density at radius 1 is 1.15 bits per heavy atom. The second-order valence-electron chi connectivity index (χ2n) is 6.65. The quantitative estimate of drug-likeness (QED) is 0.326. The fraction of sp³-hybridized carbons (Fsp3) is 0.579. The Hall–Kier alpha value is -1.71. The summed E-state index contributed by atoms with van der Waals surface area (Å²) < 4.78 is 10.9. The average Bonchev–Trinajstić information content (AvgIpc) is 2.61. The summed E-state index contributed by atoms with van der Waals surface area (Å²) >= 11 is 0. The number of hydrogen-bond acceptors (Lipinski definition) is 4. The molecule has 0 unspecified atom stereocenters. The molecule has 0 atom stereocenters. The Balaban J connectivity index is 0.00000676. The van der Waals surface area contributed by atoms with Crippen LogP contribution in [0, 0.1) is 5.92 Å². The van der Waals surface area contributed by atoms with Gasteiger partial charge in [-0.1, -0.05) is 13.8 Å². The summed E-state index contributed by atoms with van der Waals surface area (Å²) in [4.78, 5) is 19.7. The third-order valence-electron chi connectivity index (χ3n) is 3.65. The largest absolute Gasteiger partial charge is 0.497 e. The number of amides is 1. The van der Waals surface area contributed by atoms with Gasteiger partial charge in [-0.3, -0.25) is 4.79 Å². The van der Waals surface area contributed by atoms with E-state index >= 15 is 0 Å². The van der Waals surface area contributed by atoms with E-state index in [4.69, 9.17) is 9.47 Å². The summed E-state index contributed by atoms with van der Waals surface area (Å²) in [6.07, 6.45) is 0. The number of benzene rings is 1. The van der Waals surface area contributed by atoms with Crippen molar-refractivity contribution in [3.63, 3.8) is 0 Å². The summed E-state index contributed by atoms with van der Waals surface area (Å²) in [6, 6.07) is 7.48. The van der Waals surface area contributed by atoms with Crippen LogP contribution < -0.4 is 14.8 Å². The van der Waals surface area contributed by atoms with Crippen LogP contribution >= 0.6 is 24.0 Å². The van der Waals surface area contributed by atoms with Crippen molar-refractivity contribution in [2.24, 2.45) is 10.9 Å². The molecular weight excluding hydrogens is 459 g/mol. The Labute approximate surface area is 180 Å². The minimum absolute atomic E-state index is 0. The molecule has 1 N–H and O–H groups in total. The number of nitrogens with one attached hydrogen (secondary N) is 1. The van der Waals surface area contributed by atoms with Gasteiger partial charge >= 0.3 is 0 Å². The summed E-state index contributed by atoms with van der Waals surface area (Å²) in [5.41, 5.74) is 0. The van der Waals surface area contributed by atoms with E-state index in [-0.39, 0.29) is 36.4 Å². The van der Waals surface area contributed by atoms with Crippen LogP contribution in [0.2, 0.25) is 0 Å². The summed E-state index contributed by atoms with van der Waals surface area (Å²) in [5, 5.41) is 3.31. The van der Waals surface area contributed by atoms with Gasteiger partial charge in [0.05, 0.1) is 13.7 Å². The molecule has 0 radical (unpaired) electrons. The molecule has 0 spiro atoms. The fourth-order valence-electron chi connectivity index (χ4n) is 1.97. The highest BCUT2D eigenvalue weighted by Gasteiger charge is 2.10. The standard InChI is InChI=1S/C19H32N4O3.HI/c1-15(2)13-20-19(21-14-18(24)22(3)4)23(5)11-12-26-17-9-7-16(25-6)8-10-17;/h7-10,15H,11-14H2,1-6H3,(H,20,21);1H. The number of aliphatic imine (C=N–C) groups is 1. The van der Waals surface area contributed by atoms with E-state index in [9.17, 15) is 4.79 Å². The summed E-state index contributed by atoms with van der Waals surface area (Å²) in [5.74, 6) is 2.74. The van der Waals surface area contributed by atoms with E-state index in [1.807, 2.05) is 36.2 Å². The maximum atomic E-state index is 11.8. The van der Waals surface area contributed by atoms with Crippen molar-refractivity contribution >= 4 is 35.8 Å². The summed E-state index contributed by atoms with van der Waals surface area (Å²) in [6.45, 7) is 6.32. The zero-order chi connectivity index (χ0) is 19.5. The van der Waals surface area contributed by atoms with Gasteiger partial charge in [-0.05, 0) is 30.2 Å². The first-order valence-corrected chi connectivity index (χ1v) is 8.80. The maximum absolute atomic E-state index is 11.8. The van der Waals surface area contributed by atoms with Gasteiger partial charge in [0.1, 0.15) is 24.7 Å².